The summed E-state index contributed by atoms with van der Waals surface area (Å²) in [5, 5.41) is 14.2. The highest BCUT2D eigenvalue weighted by atomic mass is 35.5. The van der Waals surface area contributed by atoms with Gasteiger partial charge in [0.1, 0.15) is 10.7 Å². The number of nitro groups is 1. The minimum absolute atomic E-state index is 0.0532. The number of hydrogen-bond acceptors (Lipinski definition) is 4. The summed E-state index contributed by atoms with van der Waals surface area (Å²) in [6.07, 6.45) is 0. The lowest BCUT2D eigenvalue weighted by molar-refractivity contribution is -0.383. The van der Waals surface area contributed by atoms with Gasteiger partial charge in [0.15, 0.2) is 0 Å². The van der Waals surface area contributed by atoms with Crippen molar-refractivity contribution in [3.05, 3.63) is 33.3 Å². The van der Waals surface area contributed by atoms with E-state index in [0.717, 1.165) is 11.5 Å². The molecule has 1 aromatic rings. The normalized spacial score (nSPS) is 12.2. The van der Waals surface area contributed by atoms with Crippen molar-refractivity contribution in [2.45, 2.75) is 19.9 Å². The standard InChI is InChI=1S/C11H15ClN2O2S/c1-3-17-7-8(2)13-10-6-4-5-9(12)11(10)14(15)16/h4-6,8,13H,3,7H2,1-2H3. The molecule has 0 aliphatic heterocycles. The van der Waals surface area contributed by atoms with Gasteiger partial charge in [0.25, 0.3) is 0 Å². The zero-order valence-corrected chi connectivity index (χ0v) is 11.3. The van der Waals surface area contributed by atoms with E-state index in [1.54, 1.807) is 23.9 Å². The molecule has 0 fully saturated rings. The van der Waals surface area contributed by atoms with E-state index in [2.05, 4.69) is 12.2 Å². The Hall–Kier alpha value is -0.940. The van der Waals surface area contributed by atoms with Crippen molar-refractivity contribution in [1.29, 1.82) is 0 Å². The second-order valence-corrected chi connectivity index (χ2v) is 5.32. The van der Waals surface area contributed by atoms with Gasteiger partial charge in [-0.25, -0.2) is 0 Å². The molecule has 6 heteroatoms. The lowest BCUT2D eigenvalue weighted by Gasteiger charge is -2.14. The molecule has 0 heterocycles. The van der Waals surface area contributed by atoms with Gasteiger partial charge < -0.3 is 5.32 Å². The monoisotopic (exact) mass is 274 g/mol. The Labute approximate surface area is 110 Å². The molecule has 0 saturated carbocycles. The molecular weight excluding hydrogens is 260 g/mol. The van der Waals surface area contributed by atoms with Crippen molar-refractivity contribution in [3.8, 4) is 0 Å². The molecule has 1 unspecified atom stereocenters. The molecule has 1 N–H and O–H groups in total. The summed E-state index contributed by atoms with van der Waals surface area (Å²) in [5.74, 6) is 1.93. The fraction of sp³-hybridized carbons (Fsp3) is 0.455. The van der Waals surface area contributed by atoms with Gasteiger partial charge in [-0.15, -0.1) is 0 Å². The summed E-state index contributed by atoms with van der Waals surface area (Å²) >= 11 is 7.61. The quantitative estimate of drug-likeness (QED) is 0.633. The molecule has 0 aromatic heterocycles. The van der Waals surface area contributed by atoms with Crippen LogP contribution in [0.5, 0.6) is 0 Å². The van der Waals surface area contributed by atoms with Crippen LogP contribution in [0.15, 0.2) is 18.2 Å². The van der Waals surface area contributed by atoms with Crippen molar-refractivity contribution in [2.75, 3.05) is 16.8 Å². The molecule has 0 spiro atoms. The second kappa shape index (κ2) is 6.71. The third-order valence-electron chi connectivity index (χ3n) is 2.14. The van der Waals surface area contributed by atoms with Gasteiger partial charge in [-0.2, -0.15) is 11.8 Å². The number of para-hydroxylation sites is 1. The first-order chi connectivity index (χ1) is 8.06. The smallest absolute Gasteiger partial charge is 0.310 e. The first-order valence-electron chi connectivity index (χ1n) is 5.33. The molecule has 0 saturated heterocycles. The summed E-state index contributed by atoms with van der Waals surface area (Å²) in [7, 11) is 0. The number of nitrogens with one attached hydrogen (secondary N) is 1. The van der Waals surface area contributed by atoms with Gasteiger partial charge in [-0.3, -0.25) is 10.1 Å². The van der Waals surface area contributed by atoms with Crippen LogP contribution in [0.3, 0.4) is 0 Å². The second-order valence-electron chi connectivity index (χ2n) is 3.60. The zero-order chi connectivity index (χ0) is 12.8. The fourth-order valence-electron chi connectivity index (χ4n) is 1.42. The third kappa shape index (κ3) is 4.09. The highest BCUT2D eigenvalue weighted by Gasteiger charge is 2.19. The summed E-state index contributed by atoms with van der Waals surface area (Å²) < 4.78 is 0. The molecule has 0 aliphatic carbocycles. The van der Waals surface area contributed by atoms with Gasteiger partial charge in [0.2, 0.25) is 0 Å². The van der Waals surface area contributed by atoms with Crippen LogP contribution in [0.2, 0.25) is 5.02 Å². The van der Waals surface area contributed by atoms with Crippen molar-refractivity contribution < 1.29 is 4.92 Å². The Morgan fingerprint density at radius 3 is 2.88 bits per heavy atom. The molecule has 17 heavy (non-hydrogen) atoms. The number of nitro benzene ring substituents is 1. The van der Waals surface area contributed by atoms with E-state index in [9.17, 15) is 10.1 Å². The highest BCUT2D eigenvalue weighted by Crippen LogP contribution is 2.32. The number of halogens is 1. The molecule has 0 bridgehead atoms. The summed E-state index contributed by atoms with van der Waals surface area (Å²) in [6, 6.07) is 5.07. The Bertz CT molecular complexity index is 401. The van der Waals surface area contributed by atoms with E-state index in [0.29, 0.717) is 5.69 Å². The maximum Gasteiger partial charge on any atom is 0.310 e. The Morgan fingerprint density at radius 1 is 1.59 bits per heavy atom. The topological polar surface area (TPSA) is 55.2 Å². The van der Waals surface area contributed by atoms with Crippen LogP contribution < -0.4 is 5.32 Å². The van der Waals surface area contributed by atoms with Crippen molar-refractivity contribution in [1.82, 2.24) is 0 Å². The van der Waals surface area contributed by atoms with Gasteiger partial charge in [-0.1, -0.05) is 24.6 Å². The average molecular weight is 275 g/mol. The summed E-state index contributed by atoms with van der Waals surface area (Å²) in [4.78, 5) is 10.5. The van der Waals surface area contributed by atoms with Crippen LogP contribution in [-0.4, -0.2) is 22.5 Å². The first kappa shape index (κ1) is 14.1. The predicted octanol–water partition coefficient (Wildman–Crippen LogP) is 3.80. The van der Waals surface area contributed by atoms with Crippen molar-refractivity contribution >= 4 is 34.7 Å². The minimum Gasteiger partial charge on any atom is -0.376 e. The molecule has 1 rings (SSSR count). The molecule has 1 aromatic carbocycles. The number of nitrogens with zero attached hydrogens (tertiary/aromatic N) is 1. The maximum absolute atomic E-state index is 10.9. The van der Waals surface area contributed by atoms with E-state index in [-0.39, 0.29) is 16.8 Å². The number of rotatable bonds is 6. The first-order valence-corrected chi connectivity index (χ1v) is 6.86. The number of benzene rings is 1. The molecule has 1 atom stereocenters. The lowest BCUT2D eigenvalue weighted by Crippen LogP contribution is -2.18. The molecule has 0 aliphatic rings. The molecular formula is C11H15ClN2O2S. The highest BCUT2D eigenvalue weighted by molar-refractivity contribution is 7.99. The van der Waals surface area contributed by atoms with Gasteiger partial charge in [0.05, 0.1) is 4.92 Å². The Morgan fingerprint density at radius 2 is 2.29 bits per heavy atom. The maximum atomic E-state index is 10.9. The van der Waals surface area contributed by atoms with Crippen LogP contribution in [0.1, 0.15) is 13.8 Å². The largest absolute Gasteiger partial charge is 0.376 e. The van der Waals surface area contributed by atoms with Crippen LogP contribution >= 0.6 is 23.4 Å². The molecule has 94 valence electrons. The molecule has 0 amide bonds. The third-order valence-corrected chi connectivity index (χ3v) is 3.59. The predicted molar refractivity (Wildman–Crippen MR) is 74.2 cm³/mol. The van der Waals surface area contributed by atoms with E-state index in [1.165, 1.54) is 6.07 Å². The zero-order valence-electron chi connectivity index (χ0n) is 9.77. The van der Waals surface area contributed by atoms with Gasteiger partial charge in [-0.05, 0) is 24.8 Å². The van der Waals surface area contributed by atoms with Crippen molar-refractivity contribution in [3.63, 3.8) is 0 Å². The van der Waals surface area contributed by atoms with Crippen LogP contribution in [0.25, 0.3) is 0 Å². The summed E-state index contributed by atoms with van der Waals surface area (Å²) in [6.45, 7) is 4.08. The number of hydrogen-bond donors (Lipinski definition) is 1. The van der Waals surface area contributed by atoms with Gasteiger partial charge in [0, 0.05) is 11.8 Å². The van der Waals surface area contributed by atoms with E-state index in [4.69, 9.17) is 11.6 Å². The van der Waals surface area contributed by atoms with E-state index < -0.39 is 4.92 Å². The van der Waals surface area contributed by atoms with Crippen LogP contribution in [-0.2, 0) is 0 Å². The van der Waals surface area contributed by atoms with Crippen molar-refractivity contribution in [2.24, 2.45) is 0 Å². The number of anilines is 1. The summed E-state index contributed by atoms with van der Waals surface area (Å²) in [5.41, 5.74) is 0.425. The SMILES string of the molecule is CCSCC(C)Nc1cccc(Cl)c1[N+](=O)[O-]. The van der Waals surface area contributed by atoms with Crippen LogP contribution in [0.4, 0.5) is 11.4 Å². The lowest BCUT2D eigenvalue weighted by atomic mass is 10.2. The van der Waals surface area contributed by atoms with Gasteiger partial charge >= 0.3 is 5.69 Å². The van der Waals surface area contributed by atoms with Crippen LogP contribution in [0, 0.1) is 10.1 Å². The molecule has 0 radical (unpaired) electrons. The Kier molecular flexibility index (Phi) is 5.58. The average Bonchev–Trinajstić information content (AvgIpc) is 2.25. The van der Waals surface area contributed by atoms with E-state index in [1.807, 2.05) is 6.92 Å². The minimum atomic E-state index is -0.454. The molecule has 4 nitrogen and oxygen atoms in total. The number of thioether (sulfide) groups is 1. The fourth-order valence-corrected chi connectivity index (χ4v) is 2.34. The Balaban J connectivity index is 2.83. The van der Waals surface area contributed by atoms with E-state index >= 15 is 0 Å².